The van der Waals surface area contributed by atoms with Gasteiger partial charge >= 0.3 is 0 Å². The molecule has 6 heteroatoms. The van der Waals surface area contributed by atoms with Crippen LogP contribution in [0.4, 0.5) is 5.69 Å². The number of fused-ring (bicyclic) bond motifs is 3. The van der Waals surface area contributed by atoms with Crippen LogP contribution in [0.3, 0.4) is 0 Å². The number of benzene rings is 3. The molecule has 0 aromatic heterocycles. The highest BCUT2D eigenvalue weighted by Crippen LogP contribution is 2.47. The zero-order valence-electron chi connectivity index (χ0n) is 14.7. The van der Waals surface area contributed by atoms with Crippen LogP contribution in [0.5, 0.6) is 5.75 Å². The van der Waals surface area contributed by atoms with Crippen molar-refractivity contribution in [1.82, 2.24) is 0 Å². The van der Waals surface area contributed by atoms with Crippen molar-refractivity contribution in [2.75, 3.05) is 11.0 Å². The van der Waals surface area contributed by atoms with Gasteiger partial charge in [0.1, 0.15) is 11.9 Å². The van der Waals surface area contributed by atoms with E-state index >= 15 is 0 Å². The van der Waals surface area contributed by atoms with Gasteiger partial charge in [0.15, 0.2) is 0 Å². The van der Waals surface area contributed by atoms with Crippen molar-refractivity contribution in [2.24, 2.45) is 0 Å². The van der Waals surface area contributed by atoms with E-state index in [0.29, 0.717) is 11.4 Å². The van der Waals surface area contributed by atoms with E-state index in [1.165, 1.54) is 0 Å². The normalized spacial score (nSPS) is 15.4. The summed E-state index contributed by atoms with van der Waals surface area (Å²) in [7, 11) is -3.39. The molecule has 1 aliphatic heterocycles. The predicted octanol–water partition coefficient (Wildman–Crippen LogP) is 3.70. The molecule has 1 heterocycles. The molecular formula is C21H19NO4S. The van der Waals surface area contributed by atoms with E-state index < -0.39 is 10.0 Å². The van der Waals surface area contributed by atoms with Gasteiger partial charge in [-0.05, 0) is 34.9 Å². The predicted molar refractivity (Wildman–Crippen MR) is 105 cm³/mol. The molecule has 2 N–H and O–H groups in total. The Hall–Kier alpha value is -2.83. The molecular weight excluding hydrogens is 362 g/mol. The fourth-order valence-corrected chi connectivity index (χ4v) is 4.02. The highest BCUT2D eigenvalue weighted by Gasteiger charge is 2.29. The van der Waals surface area contributed by atoms with E-state index in [9.17, 15) is 13.5 Å². The van der Waals surface area contributed by atoms with Gasteiger partial charge in [0.25, 0.3) is 0 Å². The zero-order valence-corrected chi connectivity index (χ0v) is 15.5. The summed E-state index contributed by atoms with van der Waals surface area (Å²) in [5.74, 6) is 0.701. The first kappa shape index (κ1) is 17.6. The number of nitrogens with one attached hydrogen (secondary N) is 1. The number of aliphatic hydroxyl groups excluding tert-OH is 1. The summed E-state index contributed by atoms with van der Waals surface area (Å²) in [6, 6.07) is 20.8. The van der Waals surface area contributed by atoms with Crippen molar-refractivity contribution in [2.45, 2.75) is 12.7 Å². The molecule has 1 atom stereocenters. The van der Waals surface area contributed by atoms with E-state index in [0.717, 1.165) is 34.1 Å². The minimum atomic E-state index is -3.39. The first-order chi connectivity index (χ1) is 13.0. The molecule has 3 aromatic carbocycles. The van der Waals surface area contributed by atoms with Gasteiger partial charge < -0.3 is 9.84 Å². The van der Waals surface area contributed by atoms with Crippen LogP contribution in [-0.2, 0) is 16.6 Å². The summed E-state index contributed by atoms with van der Waals surface area (Å²) < 4.78 is 32.1. The summed E-state index contributed by atoms with van der Waals surface area (Å²) in [4.78, 5) is 0. The third kappa shape index (κ3) is 3.41. The summed E-state index contributed by atoms with van der Waals surface area (Å²) in [6.07, 6.45) is 0.750. The molecule has 3 aromatic rings. The third-order valence-corrected chi connectivity index (χ3v) is 5.14. The Bertz CT molecular complexity index is 1090. The van der Waals surface area contributed by atoms with Crippen molar-refractivity contribution in [1.29, 1.82) is 0 Å². The van der Waals surface area contributed by atoms with Crippen LogP contribution < -0.4 is 9.46 Å². The fourth-order valence-electron chi connectivity index (χ4n) is 3.46. The number of anilines is 1. The zero-order chi connectivity index (χ0) is 19.0. The molecule has 0 saturated carbocycles. The van der Waals surface area contributed by atoms with Crippen LogP contribution in [0.25, 0.3) is 11.1 Å². The highest BCUT2D eigenvalue weighted by molar-refractivity contribution is 7.92. The van der Waals surface area contributed by atoms with Gasteiger partial charge in [-0.25, -0.2) is 8.42 Å². The minimum absolute atomic E-state index is 0.106. The average Bonchev–Trinajstić information content (AvgIpc) is 2.66. The molecule has 1 aliphatic rings. The van der Waals surface area contributed by atoms with Crippen molar-refractivity contribution in [3.05, 3.63) is 83.4 Å². The Kier molecular flexibility index (Phi) is 4.37. The number of hydrogen-bond donors (Lipinski definition) is 2. The Balaban J connectivity index is 1.93. The van der Waals surface area contributed by atoms with Crippen LogP contribution in [0.2, 0.25) is 0 Å². The molecule has 0 amide bonds. The first-order valence-electron chi connectivity index (χ1n) is 8.53. The molecule has 0 fully saturated rings. The lowest BCUT2D eigenvalue weighted by atomic mass is 9.87. The standard InChI is InChI=1S/C21H19NO4S/c1-27(24,25)22-16-10-11-17-18(12-16)21(14-6-3-2-4-7-14)26-19-9-5-8-15(13-23)20(17)19/h2-12,21-23H,13H2,1H3. The Morgan fingerprint density at radius 3 is 2.52 bits per heavy atom. The maximum atomic E-state index is 11.6. The molecule has 0 aliphatic carbocycles. The Morgan fingerprint density at radius 2 is 1.81 bits per heavy atom. The van der Waals surface area contributed by atoms with Gasteiger partial charge in [0.05, 0.1) is 12.9 Å². The maximum absolute atomic E-state index is 11.6. The van der Waals surface area contributed by atoms with Gasteiger partial charge in [0, 0.05) is 16.8 Å². The van der Waals surface area contributed by atoms with Crippen molar-refractivity contribution in [3.63, 3.8) is 0 Å². The van der Waals surface area contributed by atoms with Crippen LogP contribution in [0.15, 0.2) is 66.7 Å². The smallest absolute Gasteiger partial charge is 0.229 e. The largest absolute Gasteiger partial charge is 0.480 e. The third-order valence-electron chi connectivity index (χ3n) is 4.54. The van der Waals surface area contributed by atoms with Gasteiger partial charge in [-0.15, -0.1) is 0 Å². The lowest BCUT2D eigenvalue weighted by Gasteiger charge is -2.31. The molecule has 4 rings (SSSR count). The number of aliphatic hydroxyl groups is 1. The van der Waals surface area contributed by atoms with Gasteiger partial charge in [-0.3, -0.25) is 4.72 Å². The van der Waals surface area contributed by atoms with Crippen LogP contribution in [0.1, 0.15) is 22.8 Å². The number of rotatable bonds is 4. The molecule has 0 radical (unpaired) electrons. The maximum Gasteiger partial charge on any atom is 0.229 e. The Morgan fingerprint density at radius 1 is 1.04 bits per heavy atom. The molecule has 1 unspecified atom stereocenters. The number of sulfonamides is 1. The monoisotopic (exact) mass is 381 g/mol. The molecule has 0 saturated heterocycles. The summed E-state index contributed by atoms with van der Waals surface area (Å²) in [5.41, 5.74) is 4.83. The lowest BCUT2D eigenvalue weighted by molar-refractivity contribution is 0.241. The first-order valence-corrected chi connectivity index (χ1v) is 10.4. The van der Waals surface area contributed by atoms with Crippen LogP contribution in [-0.4, -0.2) is 19.8 Å². The minimum Gasteiger partial charge on any atom is -0.480 e. The SMILES string of the molecule is CS(=O)(=O)Nc1ccc2c(c1)C(c1ccccc1)Oc1cccc(CO)c1-2. The van der Waals surface area contributed by atoms with E-state index in [2.05, 4.69) is 4.72 Å². The van der Waals surface area contributed by atoms with Crippen LogP contribution >= 0.6 is 0 Å². The van der Waals surface area contributed by atoms with E-state index in [1.54, 1.807) is 12.1 Å². The van der Waals surface area contributed by atoms with E-state index in [-0.39, 0.29) is 12.7 Å². The Labute approximate surface area is 158 Å². The second-order valence-electron chi connectivity index (χ2n) is 6.53. The summed E-state index contributed by atoms with van der Waals surface area (Å²) in [6.45, 7) is -0.106. The van der Waals surface area contributed by atoms with Gasteiger partial charge in [0.2, 0.25) is 10.0 Å². The van der Waals surface area contributed by atoms with Gasteiger partial charge in [-0.1, -0.05) is 48.5 Å². The van der Waals surface area contributed by atoms with E-state index in [1.807, 2.05) is 54.6 Å². The highest BCUT2D eigenvalue weighted by atomic mass is 32.2. The van der Waals surface area contributed by atoms with Gasteiger partial charge in [-0.2, -0.15) is 0 Å². The second kappa shape index (κ2) is 6.72. The molecule has 0 spiro atoms. The molecule has 138 valence electrons. The fraction of sp³-hybridized carbons (Fsp3) is 0.143. The second-order valence-corrected chi connectivity index (χ2v) is 8.28. The molecule has 0 bridgehead atoms. The van der Waals surface area contributed by atoms with Crippen molar-refractivity contribution in [3.8, 4) is 16.9 Å². The number of ether oxygens (including phenoxy) is 1. The van der Waals surface area contributed by atoms with E-state index in [4.69, 9.17) is 4.74 Å². The summed E-state index contributed by atoms with van der Waals surface area (Å²) in [5, 5.41) is 9.76. The average molecular weight is 381 g/mol. The van der Waals surface area contributed by atoms with Crippen molar-refractivity contribution < 1.29 is 18.3 Å². The number of hydrogen-bond acceptors (Lipinski definition) is 4. The lowest BCUT2D eigenvalue weighted by Crippen LogP contribution is -2.17. The topological polar surface area (TPSA) is 75.6 Å². The molecule has 5 nitrogen and oxygen atoms in total. The molecule has 27 heavy (non-hydrogen) atoms. The quantitative estimate of drug-likeness (QED) is 0.723. The summed E-state index contributed by atoms with van der Waals surface area (Å²) >= 11 is 0. The van der Waals surface area contributed by atoms with Crippen LogP contribution in [0, 0.1) is 0 Å². The van der Waals surface area contributed by atoms with Crippen molar-refractivity contribution >= 4 is 15.7 Å².